The summed E-state index contributed by atoms with van der Waals surface area (Å²) in [6.07, 6.45) is 0. The molecule has 0 spiro atoms. The van der Waals surface area contributed by atoms with Gasteiger partial charge in [0.15, 0.2) is 5.82 Å². The van der Waals surface area contributed by atoms with E-state index in [1.54, 1.807) is 0 Å². The van der Waals surface area contributed by atoms with Crippen LogP contribution in [0.15, 0.2) is 18.2 Å². The van der Waals surface area contributed by atoms with Crippen LogP contribution in [-0.2, 0) is 13.1 Å². The predicted molar refractivity (Wildman–Crippen MR) is 67.0 cm³/mol. The molecule has 0 saturated heterocycles. The monoisotopic (exact) mass is 258 g/mol. The Bertz CT molecular complexity index is 594. The van der Waals surface area contributed by atoms with Gasteiger partial charge in [0.05, 0.1) is 6.04 Å². The van der Waals surface area contributed by atoms with Crippen LogP contribution < -0.4 is 10.6 Å². The number of nitrogens with zero attached hydrogens (tertiary/aromatic N) is 3. The van der Waals surface area contributed by atoms with Crippen molar-refractivity contribution >= 4 is 5.91 Å². The van der Waals surface area contributed by atoms with Crippen LogP contribution in [0.5, 0.6) is 0 Å². The molecule has 7 nitrogen and oxygen atoms in total. The minimum atomic E-state index is -0.280. The third kappa shape index (κ3) is 2.32. The van der Waals surface area contributed by atoms with Crippen LogP contribution in [0.4, 0.5) is 0 Å². The van der Waals surface area contributed by atoms with Crippen LogP contribution in [0.3, 0.4) is 0 Å². The second-order valence-electron chi connectivity index (χ2n) is 4.55. The molecule has 1 aromatic carbocycles. The average molecular weight is 258 g/mol. The molecule has 0 saturated carbocycles. The third-order valence-corrected chi connectivity index (χ3v) is 3.20. The molecule has 1 aliphatic heterocycles. The van der Waals surface area contributed by atoms with Crippen LogP contribution >= 0.6 is 0 Å². The maximum atomic E-state index is 12.1. The summed E-state index contributed by atoms with van der Waals surface area (Å²) < 4.78 is 0. The fourth-order valence-electron chi connectivity index (χ4n) is 2.13. The van der Waals surface area contributed by atoms with Crippen molar-refractivity contribution in [2.24, 2.45) is 0 Å². The van der Waals surface area contributed by atoms with Gasteiger partial charge in [-0.2, -0.15) is 5.21 Å². The average Bonchev–Trinajstić information content (AvgIpc) is 3.09. The number of hydrogen-bond acceptors (Lipinski definition) is 5. The van der Waals surface area contributed by atoms with Gasteiger partial charge in [-0.25, -0.2) is 0 Å². The Hall–Kier alpha value is -2.28. The van der Waals surface area contributed by atoms with Crippen molar-refractivity contribution in [3.63, 3.8) is 0 Å². The first-order chi connectivity index (χ1) is 9.24. The van der Waals surface area contributed by atoms with E-state index in [9.17, 15) is 4.79 Å². The molecule has 3 rings (SSSR count). The van der Waals surface area contributed by atoms with E-state index in [0.717, 1.165) is 13.1 Å². The van der Waals surface area contributed by atoms with Gasteiger partial charge in [0.25, 0.3) is 5.91 Å². The molecular formula is C12H14N6O. The Kier molecular flexibility index (Phi) is 2.96. The first kappa shape index (κ1) is 11.8. The number of aromatic nitrogens is 4. The fraction of sp³-hybridized carbons (Fsp3) is 0.333. The summed E-state index contributed by atoms with van der Waals surface area (Å²) in [5.74, 6) is 0.336. The van der Waals surface area contributed by atoms with Gasteiger partial charge < -0.3 is 10.6 Å². The van der Waals surface area contributed by atoms with E-state index in [1.807, 2.05) is 25.1 Å². The summed E-state index contributed by atoms with van der Waals surface area (Å²) in [5.41, 5.74) is 3.08. The molecule has 7 heteroatoms. The summed E-state index contributed by atoms with van der Waals surface area (Å²) >= 11 is 0. The van der Waals surface area contributed by atoms with Gasteiger partial charge in [-0.1, -0.05) is 11.3 Å². The second kappa shape index (κ2) is 4.77. The number of carbonyl (C=O) groups is 1. The Morgan fingerprint density at radius 3 is 3.00 bits per heavy atom. The van der Waals surface area contributed by atoms with E-state index in [-0.39, 0.29) is 11.9 Å². The quantitative estimate of drug-likeness (QED) is 0.735. The normalized spacial score (nSPS) is 15.0. The Balaban J connectivity index is 1.74. The number of aromatic amines is 1. The van der Waals surface area contributed by atoms with Gasteiger partial charge in [0, 0.05) is 18.7 Å². The molecule has 2 heterocycles. The SMILES string of the molecule is CC(NC(=O)c1ccc2c(c1)CNC2)c1nn[nH]n1. The van der Waals surface area contributed by atoms with Crippen molar-refractivity contribution in [2.75, 3.05) is 0 Å². The van der Waals surface area contributed by atoms with Crippen molar-refractivity contribution < 1.29 is 4.79 Å². The van der Waals surface area contributed by atoms with E-state index < -0.39 is 0 Å². The van der Waals surface area contributed by atoms with Crippen molar-refractivity contribution in [1.29, 1.82) is 0 Å². The Morgan fingerprint density at radius 2 is 2.21 bits per heavy atom. The summed E-state index contributed by atoms with van der Waals surface area (Å²) in [5, 5.41) is 19.6. The summed E-state index contributed by atoms with van der Waals surface area (Å²) in [4.78, 5) is 12.1. The summed E-state index contributed by atoms with van der Waals surface area (Å²) in [7, 11) is 0. The first-order valence-electron chi connectivity index (χ1n) is 6.11. The van der Waals surface area contributed by atoms with Gasteiger partial charge in [0.2, 0.25) is 0 Å². The number of rotatable bonds is 3. The summed E-state index contributed by atoms with van der Waals surface area (Å²) in [6, 6.07) is 5.47. The number of amides is 1. The Labute approximate surface area is 109 Å². The molecule has 3 N–H and O–H groups in total. The number of carbonyl (C=O) groups excluding carboxylic acids is 1. The minimum Gasteiger partial charge on any atom is -0.342 e. The van der Waals surface area contributed by atoms with E-state index in [0.29, 0.717) is 11.4 Å². The zero-order chi connectivity index (χ0) is 13.2. The lowest BCUT2D eigenvalue weighted by Crippen LogP contribution is -2.27. The van der Waals surface area contributed by atoms with Crippen molar-refractivity contribution in [2.45, 2.75) is 26.1 Å². The van der Waals surface area contributed by atoms with Crippen molar-refractivity contribution in [3.8, 4) is 0 Å². The number of H-pyrrole nitrogens is 1. The molecule has 98 valence electrons. The highest BCUT2D eigenvalue weighted by Gasteiger charge is 2.17. The minimum absolute atomic E-state index is 0.132. The van der Waals surface area contributed by atoms with Gasteiger partial charge in [-0.05, 0) is 30.2 Å². The zero-order valence-corrected chi connectivity index (χ0v) is 10.5. The molecule has 1 atom stereocenters. The molecular weight excluding hydrogens is 244 g/mol. The Morgan fingerprint density at radius 1 is 1.37 bits per heavy atom. The van der Waals surface area contributed by atoms with Gasteiger partial charge in [-0.3, -0.25) is 4.79 Å². The van der Waals surface area contributed by atoms with Crippen LogP contribution in [-0.4, -0.2) is 26.5 Å². The fourth-order valence-corrected chi connectivity index (χ4v) is 2.13. The van der Waals surface area contributed by atoms with E-state index in [2.05, 4.69) is 31.3 Å². The van der Waals surface area contributed by atoms with E-state index in [4.69, 9.17) is 0 Å². The molecule has 19 heavy (non-hydrogen) atoms. The number of benzene rings is 1. The summed E-state index contributed by atoms with van der Waals surface area (Å²) in [6.45, 7) is 3.50. The van der Waals surface area contributed by atoms with Crippen LogP contribution in [0.2, 0.25) is 0 Å². The molecule has 1 amide bonds. The topological polar surface area (TPSA) is 95.6 Å². The highest BCUT2D eigenvalue weighted by atomic mass is 16.1. The van der Waals surface area contributed by atoms with Crippen LogP contribution in [0.25, 0.3) is 0 Å². The lowest BCUT2D eigenvalue weighted by Gasteiger charge is -2.10. The molecule has 0 fully saturated rings. The van der Waals surface area contributed by atoms with E-state index >= 15 is 0 Å². The highest BCUT2D eigenvalue weighted by molar-refractivity contribution is 5.94. The standard InChI is InChI=1S/C12H14N6O/c1-7(11-15-17-18-16-11)14-12(19)8-2-3-9-5-13-6-10(9)4-8/h2-4,7,13H,5-6H2,1H3,(H,14,19)(H,15,16,17,18). The molecule has 0 aliphatic carbocycles. The molecule has 0 radical (unpaired) electrons. The number of fused-ring (bicyclic) bond motifs is 1. The van der Waals surface area contributed by atoms with Crippen molar-refractivity contribution in [3.05, 3.63) is 40.7 Å². The maximum absolute atomic E-state index is 12.1. The number of hydrogen-bond donors (Lipinski definition) is 3. The first-order valence-corrected chi connectivity index (χ1v) is 6.11. The number of tetrazole rings is 1. The third-order valence-electron chi connectivity index (χ3n) is 3.20. The lowest BCUT2D eigenvalue weighted by atomic mass is 10.1. The van der Waals surface area contributed by atoms with Crippen LogP contribution in [0.1, 0.15) is 40.3 Å². The molecule has 2 aromatic rings. The largest absolute Gasteiger partial charge is 0.342 e. The van der Waals surface area contributed by atoms with Gasteiger partial charge in [0.1, 0.15) is 0 Å². The molecule has 1 unspecified atom stereocenters. The predicted octanol–water partition coefficient (Wildman–Crippen LogP) is 0.294. The lowest BCUT2D eigenvalue weighted by molar-refractivity contribution is 0.0938. The maximum Gasteiger partial charge on any atom is 0.251 e. The second-order valence-corrected chi connectivity index (χ2v) is 4.55. The van der Waals surface area contributed by atoms with E-state index in [1.165, 1.54) is 11.1 Å². The van der Waals surface area contributed by atoms with Gasteiger partial charge >= 0.3 is 0 Å². The van der Waals surface area contributed by atoms with Crippen molar-refractivity contribution in [1.82, 2.24) is 31.3 Å². The number of nitrogens with one attached hydrogen (secondary N) is 3. The van der Waals surface area contributed by atoms with Crippen LogP contribution in [0, 0.1) is 0 Å². The highest BCUT2D eigenvalue weighted by Crippen LogP contribution is 2.17. The van der Waals surface area contributed by atoms with Gasteiger partial charge in [-0.15, -0.1) is 10.2 Å². The zero-order valence-electron chi connectivity index (χ0n) is 10.5. The molecule has 1 aromatic heterocycles. The molecule has 0 bridgehead atoms. The molecule has 1 aliphatic rings. The smallest absolute Gasteiger partial charge is 0.251 e.